The Labute approximate surface area is 104 Å². The van der Waals surface area contributed by atoms with E-state index in [1.54, 1.807) is 0 Å². The summed E-state index contributed by atoms with van der Waals surface area (Å²) in [5, 5.41) is 0. The molecule has 1 rings (SSSR count). The fourth-order valence-corrected chi connectivity index (χ4v) is 1.07. The number of halogens is 5. The molecule has 0 saturated carbocycles. The van der Waals surface area contributed by atoms with E-state index in [0.717, 1.165) is 0 Å². The smallest absolute Gasteiger partial charge is 0.344 e. The molecule has 0 aliphatic heterocycles. The summed E-state index contributed by atoms with van der Waals surface area (Å²) in [5.41, 5.74) is -1.62. The number of hydrogen-bond donors (Lipinski definition) is 1. The minimum Gasteiger partial charge on any atom is -0.459 e. The van der Waals surface area contributed by atoms with Crippen LogP contribution in [-0.2, 0) is 9.47 Å². The van der Waals surface area contributed by atoms with Gasteiger partial charge in [0.15, 0.2) is 23.3 Å². The van der Waals surface area contributed by atoms with Crippen LogP contribution >= 0.6 is 0 Å². The lowest BCUT2D eigenvalue weighted by Crippen LogP contribution is -2.17. The Balaban J connectivity index is 0.00000324. The van der Waals surface area contributed by atoms with Crippen molar-refractivity contribution in [1.82, 2.24) is 6.15 Å². The van der Waals surface area contributed by atoms with Crippen LogP contribution in [0.2, 0.25) is 0 Å². The van der Waals surface area contributed by atoms with Gasteiger partial charge in [-0.1, -0.05) is 0 Å². The maximum atomic E-state index is 13.1. The first kappa shape index (κ1) is 17.3. The second kappa shape index (κ2) is 7.00. The summed E-state index contributed by atoms with van der Waals surface area (Å²) in [7, 11) is 1.27. The summed E-state index contributed by atoms with van der Waals surface area (Å²) in [6, 6.07) is 0. The largest absolute Gasteiger partial charge is 0.459 e. The topological polar surface area (TPSA) is 70.5 Å². The van der Waals surface area contributed by atoms with Crippen LogP contribution in [0.1, 0.15) is 10.4 Å². The van der Waals surface area contributed by atoms with Gasteiger partial charge in [0.2, 0.25) is 5.82 Å². The zero-order chi connectivity index (χ0) is 13.9. The molecule has 0 aromatic heterocycles. The van der Waals surface area contributed by atoms with Gasteiger partial charge in [0.05, 0.1) is 6.61 Å². The Morgan fingerprint density at radius 1 is 0.895 bits per heavy atom. The van der Waals surface area contributed by atoms with Crippen molar-refractivity contribution in [1.29, 1.82) is 0 Å². The molecule has 0 fully saturated rings. The average molecular weight is 287 g/mol. The second-order valence-electron chi connectivity index (χ2n) is 3.07. The number of rotatable bonds is 4. The molecule has 0 bridgehead atoms. The Morgan fingerprint density at radius 2 is 1.32 bits per heavy atom. The number of carbonyl (C=O) groups excluding carboxylic acids is 1. The number of benzene rings is 1. The molecule has 0 spiro atoms. The standard InChI is InChI=1S/C10H7F5O3.H3N/c1-17-2-3-18-10(16)4-5(11)7(13)9(15)8(14)6(4)12;/h2-3H2,1H3;1H3. The Hall–Kier alpha value is -1.74. The van der Waals surface area contributed by atoms with E-state index in [1.807, 2.05) is 0 Å². The quantitative estimate of drug-likeness (QED) is 0.303. The summed E-state index contributed by atoms with van der Waals surface area (Å²) >= 11 is 0. The highest BCUT2D eigenvalue weighted by Crippen LogP contribution is 2.23. The van der Waals surface area contributed by atoms with Gasteiger partial charge in [-0.15, -0.1) is 0 Å². The molecule has 4 nitrogen and oxygen atoms in total. The van der Waals surface area contributed by atoms with Gasteiger partial charge in [-0.05, 0) is 0 Å². The highest BCUT2D eigenvalue weighted by molar-refractivity contribution is 5.90. The first-order valence-corrected chi connectivity index (χ1v) is 4.59. The van der Waals surface area contributed by atoms with Crippen LogP contribution in [-0.4, -0.2) is 26.3 Å². The molecule has 1 aromatic carbocycles. The van der Waals surface area contributed by atoms with Gasteiger partial charge in [0.25, 0.3) is 0 Å². The summed E-state index contributed by atoms with van der Waals surface area (Å²) < 4.78 is 73.2. The molecule has 0 amide bonds. The molecule has 9 heteroatoms. The Kier molecular flexibility index (Phi) is 6.36. The minimum atomic E-state index is -2.33. The summed E-state index contributed by atoms with van der Waals surface area (Å²) in [4.78, 5) is 11.2. The first-order valence-electron chi connectivity index (χ1n) is 4.59. The lowest BCUT2D eigenvalue weighted by Gasteiger charge is -2.08. The predicted molar refractivity (Wildman–Crippen MR) is 53.4 cm³/mol. The maximum Gasteiger partial charge on any atom is 0.344 e. The molecule has 0 heterocycles. The number of methoxy groups -OCH3 is 1. The molecule has 3 N–H and O–H groups in total. The monoisotopic (exact) mass is 287 g/mol. The van der Waals surface area contributed by atoms with E-state index in [-0.39, 0.29) is 19.4 Å². The van der Waals surface area contributed by atoms with Gasteiger partial charge in [-0.2, -0.15) is 0 Å². The van der Waals surface area contributed by atoms with Crippen molar-refractivity contribution >= 4 is 5.97 Å². The lowest BCUT2D eigenvalue weighted by molar-refractivity contribution is 0.0374. The van der Waals surface area contributed by atoms with Crippen LogP contribution in [0.15, 0.2) is 0 Å². The van der Waals surface area contributed by atoms with Crippen molar-refractivity contribution in [2.75, 3.05) is 20.3 Å². The van der Waals surface area contributed by atoms with E-state index in [0.29, 0.717) is 0 Å². The van der Waals surface area contributed by atoms with Crippen molar-refractivity contribution in [2.45, 2.75) is 0 Å². The fourth-order valence-electron chi connectivity index (χ4n) is 1.07. The van der Waals surface area contributed by atoms with E-state index >= 15 is 0 Å². The molecule has 19 heavy (non-hydrogen) atoms. The van der Waals surface area contributed by atoms with Crippen LogP contribution in [0.5, 0.6) is 0 Å². The summed E-state index contributed by atoms with van der Waals surface area (Å²) in [5.74, 6) is -12.8. The highest BCUT2D eigenvalue weighted by atomic mass is 19.2. The number of ether oxygens (including phenoxy) is 2. The second-order valence-corrected chi connectivity index (χ2v) is 3.07. The first-order chi connectivity index (χ1) is 8.41. The normalized spacial score (nSPS) is 10.0. The Bertz CT molecular complexity index is 452. The predicted octanol–water partition coefficient (Wildman–Crippen LogP) is 2.35. The van der Waals surface area contributed by atoms with Crippen molar-refractivity contribution in [3.63, 3.8) is 0 Å². The van der Waals surface area contributed by atoms with Crippen molar-refractivity contribution in [3.05, 3.63) is 34.6 Å². The van der Waals surface area contributed by atoms with Crippen LogP contribution in [0, 0.1) is 29.1 Å². The van der Waals surface area contributed by atoms with Gasteiger partial charge in [0, 0.05) is 7.11 Å². The molecule has 1 aromatic rings. The van der Waals surface area contributed by atoms with Gasteiger partial charge < -0.3 is 15.6 Å². The minimum absolute atomic E-state index is 0. The molecule has 0 atom stereocenters. The molecular weight excluding hydrogens is 277 g/mol. The van der Waals surface area contributed by atoms with E-state index in [4.69, 9.17) is 0 Å². The van der Waals surface area contributed by atoms with Crippen LogP contribution in [0.4, 0.5) is 22.0 Å². The zero-order valence-corrected chi connectivity index (χ0v) is 9.74. The third kappa shape index (κ3) is 3.38. The molecule has 0 saturated heterocycles. The third-order valence-electron chi connectivity index (χ3n) is 1.93. The van der Waals surface area contributed by atoms with E-state index in [9.17, 15) is 26.7 Å². The third-order valence-corrected chi connectivity index (χ3v) is 1.93. The van der Waals surface area contributed by atoms with Gasteiger partial charge in [-0.3, -0.25) is 0 Å². The van der Waals surface area contributed by atoms with E-state index in [2.05, 4.69) is 9.47 Å². The van der Waals surface area contributed by atoms with Gasteiger partial charge in [0.1, 0.15) is 12.2 Å². The van der Waals surface area contributed by atoms with Crippen molar-refractivity contribution < 1.29 is 36.2 Å². The van der Waals surface area contributed by atoms with Crippen LogP contribution in [0.25, 0.3) is 0 Å². The van der Waals surface area contributed by atoms with Crippen LogP contribution < -0.4 is 6.15 Å². The SMILES string of the molecule is COCCOC(=O)c1c(F)c(F)c(F)c(F)c1F.N. The van der Waals surface area contributed by atoms with Crippen molar-refractivity contribution in [3.8, 4) is 0 Å². The van der Waals surface area contributed by atoms with Crippen LogP contribution in [0.3, 0.4) is 0 Å². The molecule has 108 valence electrons. The Morgan fingerprint density at radius 3 is 1.74 bits per heavy atom. The highest BCUT2D eigenvalue weighted by Gasteiger charge is 2.30. The van der Waals surface area contributed by atoms with Gasteiger partial charge >= 0.3 is 5.97 Å². The number of carbonyl (C=O) groups is 1. The maximum absolute atomic E-state index is 13.1. The number of esters is 1. The van der Waals surface area contributed by atoms with E-state index in [1.165, 1.54) is 7.11 Å². The summed E-state index contributed by atoms with van der Waals surface area (Å²) in [6.07, 6.45) is 0. The zero-order valence-electron chi connectivity index (χ0n) is 9.74. The van der Waals surface area contributed by atoms with Crippen molar-refractivity contribution in [2.24, 2.45) is 0 Å². The van der Waals surface area contributed by atoms with E-state index < -0.39 is 40.6 Å². The lowest BCUT2D eigenvalue weighted by atomic mass is 10.1. The molecule has 0 unspecified atom stereocenters. The molecule has 0 aliphatic rings. The number of hydrogen-bond acceptors (Lipinski definition) is 4. The van der Waals surface area contributed by atoms with Gasteiger partial charge in [-0.25, -0.2) is 26.7 Å². The average Bonchev–Trinajstić information content (AvgIpc) is 2.34. The molecule has 0 aliphatic carbocycles. The molecular formula is C10H10F5NO3. The molecule has 0 radical (unpaired) electrons. The summed E-state index contributed by atoms with van der Waals surface area (Å²) in [6.45, 7) is -0.462. The fraction of sp³-hybridized carbons (Fsp3) is 0.300.